The summed E-state index contributed by atoms with van der Waals surface area (Å²) in [5.41, 5.74) is 6.60. The maximum Gasteiger partial charge on any atom is 0.255 e. The fraction of sp³-hybridized carbons (Fsp3) is 0.324. The summed E-state index contributed by atoms with van der Waals surface area (Å²) in [6.45, 7) is 4.62. The van der Waals surface area contributed by atoms with Crippen LogP contribution >= 0.6 is 0 Å². The average molecular weight is 609 g/mol. The van der Waals surface area contributed by atoms with Crippen LogP contribution in [0, 0.1) is 5.92 Å². The molecule has 45 heavy (non-hydrogen) atoms. The molecule has 4 aromatic rings. The molecule has 8 heteroatoms. The van der Waals surface area contributed by atoms with E-state index in [-0.39, 0.29) is 30.6 Å². The zero-order valence-corrected chi connectivity index (χ0v) is 25.9. The zero-order valence-electron chi connectivity index (χ0n) is 25.9. The van der Waals surface area contributed by atoms with Gasteiger partial charge in [0.25, 0.3) is 5.91 Å². The highest BCUT2D eigenvalue weighted by atomic mass is 16.7. The molecule has 0 saturated carbocycles. The fourth-order valence-corrected chi connectivity index (χ4v) is 6.20. The topological polar surface area (TPSA) is 89.5 Å². The van der Waals surface area contributed by atoms with Gasteiger partial charge < -0.3 is 29.4 Å². The van der Waals surface area contributed by atoms with E-state index >= 15 is 0 Å². The van der Waals surface area contributed by atoms with Gasteiger partial charge in [-0.3, -0.25) is 9.69 Å². The third-order valence-electron chi connectivity index (χ3n) is 8.84. The van der Waals surface area contributed by atoms with Crippen molar-refractivity contribution in [1.82, 2.24) is 4.90 Å². The lowest BCUT2D eigenvalue weighted by Gasteiger charge is -2.43. The first kappa shape index (κ1) is 30.8. The summed E-state index contributed by atoms with van der Waals surface area (Å²) in [5, 5.41) is 12.5. The number of fused-ring (bicyclic) bond motifs is 1. The number of nitrogens with zero attached hydrogens (tertiary/aromatic N) is 1. The van der Waals surface area contributed by atoms with E-state index in [2.05, 4.69) is 29.3 Å². The summed E-state index contributed by atoms with van der Waals surface area (Å²) in [6, 6.07) is 28.9. The van der Waals surface area contributed by atoms with Gasteiger partial charge in [-0.05, 0) is 65.1 Å². The molecule has 2 aliphatic rings. The van der Waals surface area contributed by atoms with Crippen LogP contribution in [-0.2, 0) is 29.0 Å². The molecule has 1 saturated heterocycles. The van der Waals surface area contributed by atoms with E-state index in [1.54, 1.807) is 26.4 Å². The first-order valence-corrected chi connectivity index (χ1v) is 15.4. The third kappa shape index (κ3) is 6.89. The number of benzene rings is 4. The van der Waals surface area contributed by atoms with Crippen LogP contribution in [0.1, 0.15) is 57.5 Å². The van der Waals surface area contributed by atoms with Gasteiger partial charge in [-0.15, -0.1) is 0 Å². The van der Waals surface area contributed by atoms with Gasteiger partial charge in [0, 0.05) is 42.4 Å². The number of methoxy groups -OCH3 is 2. The second-order valence-electron chi connectivity index (χ2n) is 11.7. The molecule has 0 spiro atoms. The Balaban J connectivity index is 1.21. The van der Waals surface area contributed by atoms with Crippen molar-refractivity contribution < 1.29 is 28.8 Å². The van der Waals surface area contributed by atoms with Crippen molar-refractivity contribution in [2.75, 3.05) is 32.6 Å². The molecule has 0 radical (unpaired) electrons. The van der Waals surface area contributed by atoms with Crippen LogP contribution in [-0.4, -0.2) is 49.3 Å². The Kier molecular flexibility index (Phi) is 9.47. The van der Waals surface area contributed by atoms with E-state index in [0.717, 1.165) is 54.2 Å². The van der Waals surface area contributed by atoms with Crippen molar-refractivity contribution in [3.8, 4) is 11.5 Å². The number of anilines is 1. The minimum atomic E-state index is -0.589. The standard InChI is InChI=1S/C37H40N2O6/c1-24-34(22-39-18-17-29-19-32(42-2)33(43-3)20-30(29)21-39)44-37(45-35(24)26-11-9-25(23-40)10-12-26)28-13-15-31(16-14-28)38-36(41)27-7-5-4-6-8-27/h4-16,19-20,24,34-35,37,40H,17-18,21-23H2,1-3H3,(H,38,41). The maximum atomic E-state index is 12.7. The molecule has 0 aromatic heterocycles. The van der Waals surface area contributed by atoms with Gasteiger partial charge in [-0.25, -0.2) is 0 Å². The van der Waals surface area contributed by atoms with Crippen LogP contribution in [0.3, 0.4) is 0 Å². The third-order valence-corrected chi connectivity index (χ3v) is 8.84. The van der Waals surface area contributed by atoms with Crippen LogP contribution in [0.2, 0.25) is 0 Å². The number of hydrogen-bond donors (Lipinski definition) is 2. The monoisotopic (exact) mass is 608 g/mol. The van der Waals surface area contributed by atoms with E-state index in [0.29, 0.717) is 11.3 Å². The van der Waals surface area contributed by atoms with Gasteiger partial charge in [0.05, 0.1) is 33.0 Å². The predicted octanol–water partition coefficient (Wildman–Crippen LogP) is 6.30. The predicted molar refractivity (Wildman–Crippen MR) is 172 cm³/mol. The summed E-state index contributed by atoms with van der Waals surface area (Å²) < 4.78 is 24.5. The van der Waals surface area contributed by atoms with Crippen molar-refractivity contribution in [1.29, 1.82) is 0 Å². The molecule has 2 N–H and O–H groups in total. The summed E-state index contributed by atoms with van der Waals surface area (Å²) in [6.07, 6.45) is 0.0127. The number of nitrogens with one attached hydrogen (secondary N) is 1. The molecule has 2 heterocycles. The summed E-state index contributed by atoms with van der Waals surface area (Å²) in [4.78, 5) is 15.1. The molecule has 6 rings (SSSR count). The second kappa shape index (κ2) is 13.8. The van der Waals surface area contributed by atoms with E-state index in [1.807, 2.05) is 66.7 Å². The number of aliphatic hydroxyl groups is 1. The van der Waals surface area contributed by atoms with Gasteiger partial charge in [-0.1, -0.05) is 61.5 Å². The van der Waals surface area contributed by atoms with Crippen LogP contribution < -0.4 is 14.8 Å². The summed E-state index contributed by atoms with van der Waals surface area (Å²) in [7, 11) is 3.33. The zero-order chi connectivity index (χ0) is 31.3. The lowest BCUT2D eigenvalue weighted by Crippen LogP contribution is -2.45. The number of carbonyl (C=O) groups excluding carboxylic acids is 1. The van der Waals surface area contributed by atoms with Crippen molar-refractivity contribution in [2.24, 2.45) is 5.92 Å². The van der Waals surface area contributed by atoms with Crippen LogP contribution in [0.4, 0.5) is 5.69 Å². The largest absolute Gasteiger partial charge is 0.493 e. The Morgan fingerprint density at radius 2 is 1.56 bits per heavy atom. The van der Waals surface area contributed by atoms with E-state index < -0.39 is 6.29 Å². The molecule has 4 aromatic carbocycles. The lowest BCUT2D eigenvalue weighted by atomic mass is 9.89. The molecule has 4 unspecified atom stereocenters. The molecule has 8 nitrogen and oxygen atoms in total. The van der Waals surface area contributed by atoms with Crippen molar-refractivity contribution in [2.45, 2.75) is 45.0 Å². The average Bonchev–Trinajstić information content (AvgIpc) is 3.09. The molecule has 234 valence electrons. The highest BCUT2D eigenvalue weighted by Gasteiger charge is 2.39. The Bertz CT molecular complexity index is 1590. The fourth-order valence-electron chi connectivity index (χ4n) is 6.20. The molecule has 4 atom stereocenters. The molecular weight excluding hydrogens is 568 g/mol. The number of ether oxygens (including phenoxy) is 4. The van der Waals surface area contributed by atoms with Crippen LogP contribution in [0.25, 0.3) is 0 Å². The molecule has 1 amide bonds. The number of rotatable bonds is 9. The van der Waals surface area contributed by atoms with E-state index in [1.165, 1.54) is 11.1 Å². The molecule has 2 aliphatic heterocycles. The maximum absolute atomic E-state index is 12.7. The Morgan fingerprint density at radius 1 is 0.889 bits per heavy atom. The number of aliphatic hydroxyl groups excluding tert-OH is 1. The first-order chi connectivity index (χ1) is 21.9. The number of hydrogen-bond acceptors (Lipinski definition) is 7. The molecule has 0 aliphatic carbocycles. The van der Waals surface area contributed by atoms with Crippen molar-refractivity contribution in [3.63, 3.8) is 0 Å². The van der Waals surface area contributed by atoms with E-state index in [4.69, 9.17) is 18.9 Å². The Morgan fingerprint density at radius 3 is 2.22 bits per heavy atom. The van der Waals surface area contributed by atoms with Crippen molar-refractivity contribution >= 4 is 11.6 Å². The lowest BCUT2D eigenvalue weighted by molar-refractivity contribution is -0.276. The Hall–Kier alpha value is -4.21. The van der Waals surface area contributed by atoms with Crippen molar-refractivity contribution in [3.05, 3.63) is 124 Å². The highest BCUT2D eigenvalue weighted by Crippen LogP contribution is 2.42. The minimum Gasteiger partial charge on any atom is -0.493 e. The highest BCUT2D eigenvalue weighted by molar-refractivity contribution is 6.04. The summed E-state index contributed by atoms with van der Waals surface area (Å²) >= 11 is 0. The molecule has 1 fully saturated rings. The minimum absolute atomic E-state index is 0.00400. The van der Waals surface area contributed by atoms with Crippen LogP contribution in [0.15, 0.2) is 91.0 Å². The molecular formula is C37H40N2O6. The van der Waals surface area contributed by atoms with Gasteiger partial charge in [0.2, 0.25) is 0 Å². The second-order valence-corrected chi connectivity index (χ2v) is 11.7. The van der Waals surface area contributed by atoms with E-state index in [9.17, 15) is 9.90 Å². The van der Waals surface area contributed by atoms with Crippen LogP contribution in [0.5, 0.6) is 11.5 Å². The Labute approximate surface area is 264 Å². The smallest absolute Gasteiger partial charge is 0.255 e. The number of amides is 1. The first-order valence-electron chi connectivity index (χ1n) is 15.4. The van der Waals surface area contributed by atoms with Gasteiger partial charge in [-0.2, -0.15) is 0 Å². The van der Waals surface area contributed by atoms with Gasteiger partial charge in [0.1, 0.15) is 0 Å². The molecule has 0 bridgehead atoms. The normalized spacial score (nSPS) is 21.5. The SMILES string of the molecule is COc1cc2c(cc1OC)CN(CC1OC(c3ccc(NC(=O)c4ccccc4)cc3)OC(c3ccc(CO)cc3)C1C)CC2. The van der Waals surface area contributed by atoms with Gasteiger partial charge >= 0.3 is 0 Å². The van der Waals surface area contributed by atoms with Gasteiger partial charge in [0.15, 0.2) is 17.8 Å². The quantitative estimate of drug-likeness (QED) is 0.231. The summed E-state index contributed by atoms with van der Waals surface area (Å²) in [5.74, 6) is 1.41. The number of carbonyl (C=O) groups is 1.